The molecule has 134 valence electrons. The van der Waals surface area contributed by atoms with E-state index in [1.807, 2.05) is 13.0 Å². The van der Waals surface area contributed by atoms with Crippen molar-refractivity contribution in [2.24, 2.45) is 0 Å². The summed E-state index contributed by atoms with van der Waals surface area (Å²) in [6, 6.07) is 7.24. The summed E-state index contributed by atoms with van der Waals surface area (Å²) in [5.41, 5.74) is 0. The van der Waals surface area contributed by atoms with Gasteiger partial charge in [0.25, 0.3) is 0 Å². The Morgan fingerprint density at radius 3 is 2.40 bits per heavy atom. The molecule has 7 heteroatoms. The molecule has 0 radical (unpaired) electrons. The third kappa shape index (κ3) is 6.25. The fourth-order valence-electron chi connectivity index (χ4n) is 2.28. The molecule has 0 saturated carbocycles. The number of nitrogens with zero attached hydrogens (tertiary/aromatic N) is 1. The van der Waals surface area contributed by atoms with Crippen molar-refractivity contribution in [3.05, 3.63) is 44.4 Å². The first kappa shape index (κ1) is 19.6. The SMILES string of the molecule is Cc1ccc(C(=O)CCC(=O)CCC(=O)N(C)Cc2ccc(Br)o2)s1. The standard InChI is InChI=1S/C18H20BrNO4S/c1-12-3-8-16(25-12)15(22)7-4-13(21)5-10-18(23)20(2)11-14-6-9-17(19)24-14/h3,6,8-9H,4-5,7,10-11H2,1-2H3. The number of aryl methyl sites for hydroxylation is 1. The molecular formula is C18H20BrNO4S. The number of Topliss-reactive ketones (excluding diaryl/α,β-unsaturated/α-hetero) is 2. The summed E-state index contributed by atoms with van der Waals surface area (Å²) in [6.07, 6.45) is 0.673. The number of furan rings is 1. The quantitative estimate of drug-likeness (QED) is 0.558. The number of ketones is 2. The molecule has 0 unspecified atom stereocenters. The monoisotopic (exact) mass is 425 g/mol. The molecule has 25 heavy (non-hydrogen) atoms. The Morgan fingerprint density at radius 1 is 1.08 bits per heavy atom. The van der Waals surface area contributed by atoms with E-state index in [0.29, 0.717) is 21.9 Å². The average molecular weight is 426 g/mol. The third-order valence-electron chi connectivity index (χ3n) is 3.71. The second kappa shape index (κ2) is 9.10. The van der Waals surface area contributed by atoms with Crippen molar-refractivity contribution in [3.8, 4) is 0 Å². The van der Waals surface area contributed by atoms with E-state index in [0.717, 1.165) is 4.88 Å². The normalized spacial score (nSPS) is 10.7. The Labute approximate surface area is 159 Å². The molecular weight excluding hydrogens is 406 g/mol. The topological polar surface area (TPSA) is 67.6 Å². The van der Waals surface area contributed by atoms with Gasteiger partial charge in [0.2, 0.25) is 5.91 Å². The maximum atomic E-state index is 12.1. The van der Waals surface area contributed by atoms with Crippen LogP contribution in [0.2, 0.25) is 0 Å². The lowest BCUT2D eigenvalue weighted by molar-refractivity contribution is -0.132. The number of amides is 1. The molecule has 0 aliphatic carbocycles. The lowest BCUT2D eigenvalue weighted by atomic mass is 10.1. The van der Waals surface area contributed by atoms with Crippen LogP contribution >= 0.6 is 27.3 Å². The van der Waals surface area contributed by atoms with Crippen molar-refractivity contribution in [2.45, 2.75) is 39.2 Å². The molecule has 0 N–H and O–H groups in total. The van der Waals surface area contributed by atoms with Gasteiger partial charge in [-0.2, -0.15) is 0 Å². The van der Waals surface area contributed by atoms with Crippen molar-refractivity contribution < 1.29 is 18.8 Å². The van der Waals surface area contributed by atoms with Gasteiger partial charge < -0.3 is 9.32 Å². The predicted molar refractivity (Wildman–Crippen MR) is 99.7 cm³/mol. The number of halogens is 1. The molecule has 0 aliphatic heterocycles. The van der Waals surface area contributed by atoms with E-state index in [4.69, 9.17) is 4.42 Å². The minimum Gasteiger partial charge on any atom is -0.452 e. The first-order valence-corrected chi connectivity index (χ1v) is 9.55. The van der Waals surface area contributed by atoms with Crippen LogP contribution in [0.1, 0.15) is 46.0 Å². The van der Waals surface area contributed by atoms with Gasteiger partial charge in [-0.15, -0.1) is 11.3 Å². The Balaban J connectivity index is 1.70. The predicted octanol–water partition coefficient (Wildman–Crippen LogP) is 4.38. The van der Waals surface area contributed by atoms with Gasteiger partial charge in [-0.3, -0.25) is 14.4 Å². The van der Waals surface area contributed by atoms with E-state index in [9.17, 15) is 14.4 Å². The largest absolute Gasteiger partial charge is 0.452 e. The number of carbonyl (C=O) groups excluding carboxylic acids is 3. The Morgan fingerprint density at radius 2 is 1.80 bits per heavy atom. The van der Waals surface area contributed by atoms with Gasteiger partial charge in [-0.1, -0.05) is 0 Å². The molecule has 0 fully saturated rings. The molecule has 1 amide bonds. The van der Waals surface area contributed by atoms with Crippen LogP contribution in [0, 0.1) is 6.92 Å². The summed E-state index contributed by atoms with van der Waals surface area (Å²) in [6.45, 7) is 2.30. The Hall–Kier alpha value is -1.73. The first-order valence-electron chi connectivity index (χ1n) is 7.94. The van der Waals surface area contributed by atoms with Gasteiger partial charge >= 0.3 is 0 Å². The maximum Gasteiger partial charge on any atom is 0.223 e. The van der Waals surface area contributed by atoms with Crippen LogP contribution in [-0.4, -0.2) is 29.4 Å². The number of hydrogen-bond acceptors (Lipinski definition) is 5. The maximum absolute atomic E-state index is 12.1. The number of rotatable bonds is 9. The molecule has 0 atom stereocenters. The van der Waals surface area contributed by atoms with Gasteiger partial charge in [-0.05, 0) is 47.1 Å². The summed E-state index contributed by atoms with van der Waals surface area (Å²) in [7, 11) is 1.67. The van der Waals surface area contributed by atoms with Gasteiger partial charge in [-0.25, -0.2) is 0 Å². The van der Waals surface area contributed by atoms with Crippen molar-refractivity contribution >= 4 is 44.7 Å². The highest BCUT2D eigenvalue weighted by atomic mass is 79.9. The molecule has 0 saturated heterocycles. The highest BCUT2D eigenvalue weighted by Crippen LogP contribution is 2.18. The number of thiophene rings is 1. The van der Waals surface area contributed by atoms with Crippen molar-refractivity contribution in [1.82, 2.24) is 4.90 Å². The molecule has 2 aromatic heterocycles. The van der Waals surface area contributed by atoms with Crippen LogP contribution in [0.4, 0.5) is 0 Å². The van der Waals surface area contributed by atoms with Crippen LogP contribution in [0.25, 0.3) is 0 Å². The molecule has 0 bridgehead atoms. The molecule has 5 nitrogen and oxygen atoms in total. The summed E-state index contributed by atoms with van der Waals surface area (Å²) in [5, 5.41) is 0. The first-order chi connectivity index (χ1) is 11.8. The second-order valence-electron chi connectivity index (χ2n) is 5.83. The van der Waals surface area contributed by atoms with Crippen LogP contribution in [-0.2, 0) is 16.1 Å². The molecule has 0 aliphatic rings. The van der Waals surface area contributed by atoms with E-state index in [2.05, 4.69) is 15.9 Å². The minimum atomic E-state index is -0.124. The third-order valence-corrected chi connectivity index (χ3v) is 5.18. The zero-order chi connectivity index (χ0) is 18.4. The zero-order valence-electron chi connectivity index (χ0n) is 14.2. The Bertz CT molecular complexity index is 765. The fourth-order valence-corrected chi connectivity index (χ4v) is 3.46. The molecule has 2 aromatic rings. The van der Waals surface area contributed by atoms with Crippen LogP contribution in [0.15, 0.2) is 33.4 Å². The molecule has 0 aromatic carbocycles. The van der Waals surface area contributed by atoms with E-state index < -0.39 is 0 Å². The van der Waals surface area contributed by atoms with E-state index >= 15 is 0 Å². The highest BCUT2D eigenvalue weighted by molar-refractivity contribution is 9.10. The van der Waals surface area contributed by atoms with E-state index in [1.165, 1.54) is 16.2 Å². The minimum absolute atomic E-state index is 0.0155. The smallest absolute Gasteiger partial charge is 0.223 e. The van der Waals surface area contributed by atoms with Crippen molar-refractivity contribution in [2.75, 3.05) is 7.05 Å². The fraction of sp³-hybridized carbons (Fsp3) is 0.389. The highest BCUT2D eigenvalue weighted by Gasteiger charge is 2.15. The summed E-state index contributed by atoms with van der Waals surface area (Å²) in [5.74, 6) is 0.467. The Kier molecular flexibility index (Phi) is 7.13. The molecule has 2 heterocycles. The molecule has 2 rings (SSSR count). The van der Waals surface area contributed by atoms with E-state index in [-0.39, 0.29) is 43.2 Å². The second-order valence-corrected chi connectivity index (χ2v) is 7.90. The van der Waals surface area contributed by atoms with Gasteiger partial charge in [0.1, 0.15) is 11.5 Å². The lowest BCUT2D eigenvalue weighted by Gasteiger charge is -2.15. The number of hydrogen-bond donors (Lipinski definition) is 0. The van der Waals surface area contributed by atoms with Gasteiger partial charge in [0, 0.05) is 37.6 Å². The van der Waals surface area contributed by atoms with Gasteiger partial charge in [0.05, 0.1) is 11.4 Å². The number of carbonyl (C=O) groups is 3. The average Bonchev–Trinajstić information content (AvgIpc) is 3.18. The zero-order valence-corrected chi connectivity index (χ0v) is 16.6. The van der Waals surface area contributed by atoms with E-state index in [1.54, 1.807) is 25.2 Å². The summed E-state index contributed by atoms with van der Waals surface area (Å²) >= 11 is 4.65. The molecule has 0 spiro atoms. The lowest BCUT2D eigenvalue weighted by Crippen LogP contribution is -2.26. The van der Waals surface area contributed by atoms with Crippen molar-refractivity contribution in [1.29, 1.82) is 0 Å². The van der Waals surface area contributed by atoms with Crippen LogP contribution in [0.3, 0.4) is 0 Å². The van der Waals surface area contributed by atoms with Crippen LogP contribution in [0.5, 0.6) is 0 Å². The van der Waals surface area contributed by atoms with Gasteiger partial charge in [0.15, 0.2) is 10.5 Å². The summed E-state index contributed by atoms with van der Waals surface area (Å²) < 4.78 is 5.97. The van der Waals surface area contributed by atoms with Crippen molar-refractivity contribution in [3.63, 3.8) is 0 Å². The van der Waals surface area contributed by atoms with Crippen LogP contribution < -0.4 is 0 Å². The summed E-state index contributed by atoms with van der Waals surface area (Å²) in [4.78, 5) is 39.3.